The van der Waals surface area contributed by atoms with E-state index in [2.05, 4.69) is 42.3 Å². The number of nitrogens with one attached hydrogen (secondary N) is 3. The summed E-state index contributed by atoms with van der Waals surface area (Å²) in [6, 6.07) is 3.35. The lowest BCUT2D eigenvalue weighted by Gasteiger charge is -2.34. The molecular formula is C16H20FN7. The number of benzene rings is 1. The number of aromatic amines is 2. The Bertz CT molecular complexity index is 861. The summed E-state index contributed by atoms with van der Waals surface area (Å²) in [6.45, 7) is 3.51. The zero-order chi connectivity index (χ0) is 16.7. The first-order chi connectivity index (χ1) is 11.7. The molecule has 0 radical (unpaired) electrons. The molecule has 8 heteroatoms. The van der Waals surface area contributed by atoms with Crippen molar-refractivity contribution in [3.63, 3.8) is 0 Å². The molecule has 126 valence electrons. The number of hydrogen-bond acceptors (Lipinski definition) is 5. The zero-order valence-electron chi connectivity index (χ0n) is 13.7. The molecule has 7 nitrogen and oxygen atoms in total. The largest absolute Gasteiger partial charge is 0.385 e. The summed E-state index contributed by atoms with van der Waals surface area (Å²) in [7, 11) is 3.91. The lowest BCUT2D eigenvalue weighted by atomic mass is 10.2. The topological polar surface area (TPSA) is 75.9 Å². The van der Waals surface area contributed by atoms with Crippen LogP contribution in [-0.2, 0) is 0 Å². The number of hydrogen-bond donors (Lipinski definition) is 3. The fraction of sp³-hybridized carbons (Fsp3) is 0.375. The third-order valence-corrected chi connectivity index (χ3v) is 4.54. The molecule has 3 heterocycles. The van der Waals surface area contributed by atoms with Crippen LogP contribution < -0.4 is 10.2 Å². The highest BCUT2D eigenvalue weighted by molar-refractivity contribution is 5.84. The van der Waals surface area contributed by atoms with Gasteiger partial charge in [0.05, 0.1) is 28.6 Å². The van der Waals surface area contributed by atoms with Crippen LogP contribution in [0, 0.1) is 5.82 Å². The van der Waals surface area contributed by atoms with Gasteiger partial charge in [0.2, 0.25) is 0 Å². The minimum absolute atomic E-state index is 0.222. The normalized spacial score (nSPS) is 16.0. The SMILES string of the molecule is CNc1cn[nH]c1-c1nc2cc(N3CCN(C)CC3)c(F)cc2[nH]1. The molecule has 24 heavy (non-hydrogen) atoms. The molecule has 4 rings (SSSR count). The molecule has 1 fully saturated rings. The summed E-state index contributed by atoms with van der Waals surface area (Å²) in [5.41, 5.74) is 3.64. The van der Waals surface area contributed by atoms with E-state index in [9.17, 15) is 4.39 Å². The molecule has 3 aromatic rings. The quantitative estimate of drug-likeness (QED) is 0.684. The average Bonchev–Trinajstić information content (AvgIpc) is 3.20. The number of halogens is 1. The van der Waals surface area contributed by atoms with E-state index in [1.165, 1.54) is 6.07 Å². The van der Waals surface area contributed by atoms with Crippen molar-refractivity contribution in [2.45, 2.75) is 0 Å². The Morgan fingerprint density at radius 3 is 2.75 bits per heavy atom. The summed E-state index contributed by atoms with van der Waals surface area (Å²) in [6.07, 6.45) is 1.69. The predicted molar refractivity (Wildman–Crippen MR) is 92.9 cm³/mol. The first kappa shape index (κ1) is 14.9. The Labute approximate surface area is 138 Å². The van der Waals surface area contributed by atoms with Crippen LogP contribution in [0.1, 0.15) is 0 Å². The lowest BCUT2D eigenvalue weighted by Crippen LogP contribution is -2.44. The summed E-state index contributed by atoms with van der Waals surface area (Å²) < 4.78 is 14.6. The molecule has 1 saturated heterocycles. The number of imidazole rings is 1. The lowest BCUT2D eigenvalue weighted by molar-refractivity contribution is 0.312. The number of nitrogens with zero attached hydrogens (tertiary/aromatic N) is 4. The molecule has 0 spiro atoms. The van der Waals surface area contributed by atoms with Crippen molar-refractivity contribution >= 4 is 22.4 Å². The molecule has 3 N–H and O–H groups in total. The number of fused-ring (bicyclic) bond motifs is 1. The highest BCUT2D eigenvalue weighted by Gasteiger charge is 2.19. The van der Waals surface area contributed by atoms with Crippen LogP contribution in [0.5, 0.6) is 0 Å². The molecule has 0 unspecified atom stereocenters. The standard InChI is InChI=1S/C16H20FN7/c1-18-13-9-19-22-15(13)16-20-11-7-10(17)14(8-12(11)21-16)24-5-3-23(2)4-6-24/h7-9,18H,3-6H2,1-2H3,(H,19,22)(H,20,21). The van der Waals surface area contributed by atoms with Crippen molar-refractivity contribution < 1.29 is 4.39 Å². The molecular weight excluding hydrogens is 309 g/mol. The second-order valence-electron chi connectivity index (χ2n) is 6.11. The van der Waals surface area contributed by atoms with Crippen LogP contribution in [-0.4, -0.2) is 65.3 Å². The Morgan fingerprint density at radius 2 is 2.00 bits per heavy atom. The summed E-state index contributed by atoms with van der Waals surface area (Å²) in [5.74, 6) is 0.419. The van der Waals surface area contributed by atoms with Crippen LogP contribution >= 0.6 is 0 Å². The van der Waals surface area contributed by atoms with Crippen LogP contribution in [0.2, 0.25) is 0 Å². The summed E-state index contributed by atoms with van der Waals surface area (Å²) in [4.78, 5) is 12.1. The highest BCUT2D eigenvalue weighted by Crippen LogP contribution is 2.29. The molecule has 0 atom stereocenters. The minimum atomic E-state index is -0.222. The smallest absolute Gasteiger partial charge is 0.158 e. The molecule has 1 aliphatic rings. The van der Waals surface area contributed by atoms with E-state index in [1.54, 1.807) is 6.20 Å². The van der Waals surface area contributed by atoms with Gasteiger partial charge in [-0.15, -0.1) is 0 Å². The van der Waals surface area contributed by atoms with E-state index in [1.807, 2.05) is 13.1 Å². The van der Waals surface area contributed by atoms with E-state index in [0.29, 0.717) is 17.0 Å². The predicted octanol–water partition coefficient (Wildman–Crippen LogP) is 1.89. The van der Waals surface area contributed by atoms with Crippen LogP contribution in [0.25, 0.3) is 22.6 Å². The van der Waals surface area contributed by atoms with Gasteiger partial charge in [0.25, 0.3) is 0 Å². The number of aromatic nitrogens is 4. The molecule has 0 amide bonds. The van der Waals surface area contributed by atoms with Gasteiger partial charge >= 0.3 is 0 Å². The Balaban J connectivity index is 1.73. The number of rotatable bonds is 3. The maximum absolute atomic E-state index is 14.6. The number of anilines is 2. The second kappa shape index (κ2) is 5.79. The first-order valence-electron chi connectivity index (χ1n) is 8.00. The van der Waals surface area contributed by atoms with E-state index in [0.717, 1.165) is 43.1 Å². The Morgan fingerprint density at radius 1 is 1.21 bits per heavy atom. The van der Waals surface area contributed by atoms with Crippen molar-refractivity contribution in [1.29, 1.82) is 0 Å². The average molecular weight is 329 g/mol. The zero-order valence-corrected chi connectivity index (χ0v) is 13.7. The first-order valence-corrected chi connectivity index (χ1v) is 8.00. The van der Waals surface area contributed by atoms with Crippen molar-refractivity contribution in [3.8, 4) is 11.5 Å². The third-order valence-electron chi connectivity index (χ3n) is 4.54. The van der Waals surface area contributed by atoms with Gasteiger partial charge in [-0.05, 0) is 13.1 Å². The van der Waals surface area contributed by atoms with Crippen LogP contribution in [0.4, 0.5) is 15.8 Å². The third kappa shape index (κ3) is 2.48. The van der Waals surface area contributed by atoms with Gasteiger partial charge < -0.3 is 20.1 Å². The molecule has 0 aliphatic carbocycles. The van der Waals surface area contributed by atoms with Crippen molar-refractivity contribution in [3.05, 3.63) is 24.1 Å². The van der Waals surface area contributed by atoms with Gasteiger partial charge in [-0.2, -0.15) is 5.10 Å². The van der Waals surface area contributed by atoms with Gasteiger partial charge in [-0.25, -0.2) is 9.37 Å². The monoisotopic (exact) mass is 329 g/mol. The van der Waals surface area contributed by atoms with Gasteiger partial charge in [-0.1, -0.05) is 0 Å². The number of H-pyrrole nitrogens is 2. The van der Waals surface area contributed by atoms with Gasteiger partial charge in [0.15, 0.2) is 5.82 Å². The number of likely N-dealkylation sites (N-methyl/N-ethyl adjacent to an activating group) is 1. The molecule has 0 saturated carbocycles. The number of piperazine rings is 1. The van der Waals surface area contributed by atoms with E-state index >= 15 is 0 Å². The fourth-order valence-electron chi connectivity index (χ4n) is 3.08. The van der Waals surface area contributed by atoms with Gasteiger partial charge in [-0.3, -0.25) is 5.10 Å². The molecule has 0 bridgehead atoms. The van der Waals surface area contributed by atoms with Crippen LogP contribution in [0.3, 0.4) is 0 Å². The molecule has 1 aliphatic heterocycles. The van der Waals surface area contributed by atoms with Crippen molar-refractivity contribution in [2.24, 2.45) is 0 Å². The van der Waals surface area contributed by atoms with Crippen LogP contribution in [0.15, 0.2) is 18.3 Å². The highest BCUT2D eigenvalue weighted by atomic mass is 19.1. The van der Waals surface area contributed by atoms with Crippen molar-refractivity contribution in [2.75, 3.05) is 50.5 Å². The van der Waals surface area contributed by atoms with E-state index < -0.39 is 0 Å². The maximum Gasteiger partial charge on any atom is 0.158 e. The Kier molecular flexibility index (Phi) is 3.61. The summed E-state index contributed by atoms with van der Waals surface area (Å²) in [5, 5.41) is 9.99. The molecule has 1 aromatic carbocycles. The second-order valence-corrected chi connectivity index (χ2v) is 6.11. The minimum Gasteiger partial charge on any atom is -0.385 e. The van der Waals surface area contributed by atoms with E-state index in [4.69, 9.17) is 0 Å². The van der Waals surface area contributed by atoms with Gasteiger partial charge in [0.1, 0.15) is 11.5 Å². The molecule has 2 aromatic heterocycles. The van der Waals surface area contributed by atoms with Gasteiger partial charge in [0, 0.05) is 39.3 Å². The Hall–Kier alpha value is -2.61. The van der Waals surface area contributed by atoms with Crippen molar-refractivity contribution in [1.82, 2.24) is 25.1 Å². The summed E-state index contributed by atoms with van der Waals surface area (Å²) >= 11 is 0. The fourth-order valence-corrected chi connectivity index (χ4v) is 3.08. The maximum atomic E-state index is 14.6. The van der Waals surface area contributed by atoms with E-state index in [-0.39, 0.29) is 5.82 Å².